The number of epoxide rings is 1. The summed E-state index contributed by atoms with van der Waals surface area (Å²) in [4.78, 5) is 24.5. The van der Waals surface area contributed by atoms with Crippen LogP contribution in [0.5, 0.6) is 0 Å². The van der Waals surface area contributed by atoms with Crippen molar-refractivity contribution >= 4 is 11.9 Å². The van der Waals surface area contributed by atoms with Crippen LogP contribution in [0.1, 0.15) is 52.4 Å². The summed E-state index contributed by atoms with van der Waals surface area (Å²) in [6, 6.07) is 0. The Morgan fingerprint density at radius 1 is 1.41 bits per heavy atom. The molecule has 2 heterocycles. The fourth-order valence-electron chi connectivity index (χ4n) is 6.14. The molecule has 0 spiro atoms. The van der Waals surface area contributed by atoms with E-state index in [1.54, 1.807) is 0 Å². The van der Waals surface area contributed by atoms with Gasteiger partial charge in [-0.15, -0.1) is 0 Å². The predicted octanol–water partition coefficient (Wildman–Crippen LogP) is 2.59. The van der Waals surface area contributed by atoms with Crippen LogP contribution in [0.3, 0.4) is 0 Å². The van der Waals surface area contributed by atoms with Gasteiger partial charge < -0.3 is 19.3 Å². The standard InChI is InChI=1S/C21H30O6/c1-12-7-10-21(11-22)14(18(24)25-3)5-4-6-15(21)20(12,2)9-8-13-16-19(26-16)27-17(13)23/h5,12-13,15-16,19,22H,4,6-11H2,1-3H3/t12-,13-,15-,16-,19+,20+,21-/m1/s1. The van der Waals surface area contributed by atoms with Crippen LogP contribution in [0.25, 0.3) is 0 Å². The lowest BCUT2D eigenvalue weighted by Gasteiger charge is -2.58. The lowest BCUT2D eigenvalue weighted by atomic mass is 9.46. The van der Waals surface area contributed by atoms with Gasteiger partial charge in [0.2, 0.25) is 6.29 Å². The van der Waals surface area contributed by atoms with Gasteiger partial charge in [0.05, 0.1) is 19.6 Å². The summed E-state index contributed by atoms with van der Waals surface area (Å²) in [5.41, 5.74) is 0.0381. The highest BCUT2D eigenvalue weighted by Crippen LogP contribution is 2.62. The van der Waals surface area contributed by atoms with Gasteiger partial charge in [0.15, 0.2) is 0 Å². The Labute approximate surface area is 160 Å². The maximum absolute atomic E-state index is 12.5. The van der Waals surface area contributed by atoms with Crippen molar-refractivity contribution in [2.75, 3.05) is 13.7 Å². The quantitative estimate of drug-likeness (QED) is 0.585. The summed E-state index contributed by atoms with van der Waals surface area (Å²) in [5, 5.41) is 10.4. The van der Waals surface area contributed by atoms with Gasteiger partial charge in [-0.05, 0) is 55.8 Å². The van der Waals surface area contributed by atoms with Crippen LogP contribution in [0, 0.1) is 28.6 Å². The number of rotatable bonds is 5. The van der Waals surface area contributed by atoms with E-state index in [4.69, 9.17) is 14.2 Å². The van der Waals surface area contributed by atoms with E-state index in [2.05, 4.69) is 13.8 Å². The minimum absolute atomic E-state index is 0.0415. The van der Waals surface area contributed by atoms with Gasteiger partial charge in [-0.25, -0.2) is 4.79 Å². The second-order valence-corrected chi connectivity index (χ2v) is 9.05. The van der Waals surface area contributed by atoms with Gasteiger partial charge in [-0.2, -0.15) is 0 Å². The third kappa shape index (κ3) is 2.75. The molecule has 0 aromatic rings. The SMILES string of the molecule is COC(=O)C1=CCC[C@H]2[C@@]1(CO)CC[C@@H](C)[C@]2(C)CC[C@H]1C(=O)O[C@@H]2O[C@@H]21. The molecular formula is C21H30O6. The topological polar surface area (TPSA) is 85.4 Å². The van der Waals surface area contributed by atoms with Crippen LogP contribution in [-0.2, 0) is 23.8 Å². The largest absolute Gasteiger partial charge is 0.466 e. The highest BCUT2D eigenvalue weighted by atomic mass is 16.8. The summed E-state index contributed by atoms with van der Waals surface area (Å²) >= 11 is 0. The van der Waals surface area contributed by atoms with Crippen molar-refractivity contribution in [3.63, 3.8) is 0 Å². The summed E-state index contributed by atoms with van der Waals surface area (Å²) in [7, 11) is 1.40. The van der Waals surface area contributed by atoms with E-state index in [9.17, 15) is 14.7 Å². The molecule has 2 aliphatic heterocycles. The molecule has 0 radical (unpaired) electrons. The number of carbonyl (C=O) groups excluding carboxylic acids is 2. The molecule has 6 heteroatoms. The molecule has 0 bridgehead atoms. The Morgan fingerprint density at radius 3 is 2.81 bits per heavy atom. The summed E-state index contributed by atoms with van der Waals surface area (Å²) in [6.45, 7) is 4.50. The number of ether oxygens (including phenoxy) is 3. The molecule has 0 aromatic carbocycles. The molecule has 1 N–H and O–H groups in total. The van der Waals surface area contributed by atoms with Gasteiger partial charge >= 0.3 is 11.9 Å². The zero-order chi connectivity index (χ0) is 19.4. The van der Waals surface area contributed by atoms with Gasteiger partial charge in [-0.1, -0.05) is 19.9 Å². The number of hydrogen-bond acceptors (Lipinski definition) is 6. The first-order chi connectivity index (χ1) is 12.9. The van der Waals surface area contributed by atoms with Crippen LogP contribution in [0.4, 0.5) is 0 Å². The maximum Gasteiger partial charge on any atom is 0.334 e. The molecule has 150 valence electrons. The highest BCUT2D eigenvalue weighted by Gasteiger charge is 2.61. The first-order valence-corrected chi connectivity index (χ1v) is 10.1. The van der Waals surface area contributed by atoms with Crippen molar-refractivity contribution in [1.29, 1.82) is 0 Å². The Hall–Kier alpha value is -1.40. The molecule has 0 aromatic heterocycles. The number of hydrogen-bond donors (Lipinski definition) is 1. The van der Waals surface area contributed by atoms with Gasteiger partial charge in [0.1, 0.15) is 6.10 Å². The van der Waals surface area contributed by atoms with E-state index < -0.39 is 5.41 Å². The third-order valence-electron chi connectivity index (χ3n) is 8.05. The number of methoxy groups -OCH3 is 1. The molecule has 2 aliphatic carbocycles. The summed E-state index contributed by atoms with van der Waals surface area (Å²) in [6.07, 6.45) is 6.67. The fourth-order valence-corrected chi connectivity index (χ4v) is 6.14. The van der Waals surface area contributed by atoms with E-state index >= 15 is 0 Å². The Balaban J connectivity index is 1.60. The lowest BCUT2D eigenvalue weighted by molar-refractivity contribution is -0.152. The second-order valence-electron chi connectivity index (χ2n) is 9.05. The number of aliphatic hydroxyl groups is 1. The molecule has 0 unspecified atom stereocenters. The fraction of sp³-hybridized carbons (Fsp3) is 0.810. The van der Waals surface area contributed by atoms with E-state index in [1.807, 2.05) is 6.08 Å². The molecular weight excluding hydrogens is 348 g/mol. The van der Waals surface area contributed by atoms with Crippen LogP contribution in [-0.4, -0.2) is 43.2 Å². The maximum atomic E-state index is 12.5. The molecule has 0 amide bonds. The van der Waals surface area contributed by atoms with E-state index in [1.165, 1.54) is 7.11 Å². The van der Waals surface area contributed by atoms with Crippen LogP contribution < -0.4 is 0 Å². The second kappa shape index (κ2) is 6.59. The lowest BCUT2D eigenvalue weighted by Crippen LogP contribution is -2.54. The molecule has 27 heavy (non-hydrogen) atoms. The molecule has 4 rings (SSSR count). The molecule has 1 saturated carbocycles. The normalized spacial score (nSPS) is 45.4. The van der Waals surface area contributed by atoms with Crippen molar-refractivity contribution in [3.8, 4) is 0 Å². The Morgan fingerprint density at radius 2 is 2.19 bits per heavy atom. The van der Waals surface area contributed by atoms with Crippen molar-refractivity contribution in [2.45, 2.75) is 64.8 Å². The predicted molar refractivity (Wildman–Crippen MR) is 96.3 cm³/mol. The van der Waals surface area contributed by atoms with E-state index in [0.717, 1.165) is 38.5 Å². The number of allylic oxidation sites excluding steroid dienone is 1. The minimum Gasteiger partial charge on any atom is -0.466 e. The van der Waals surface area contributed by atoms with E-state index in [0.29, 0.717) is 11.5 Å². The van der Waals surface area contributed by atoms with Crippen molar-refractivity contribution in [1.82, 2.24) is 0 Å². The van der Waals surface area contributed by atoms with Crippen molar-refractivity contribution in [3.05, 3.63) is 11.6 Å². The molecule has 6 nitrogen and oxygen atoms in total. The van der Waals surface area contributed by atoms with E-state index in [-0.39, 0.29) is 48.2 Å². The van der Waals surface area contributed by atoms with Crippen LogP contribution >= 0.6 is 0 Å². The minimum atomic E-state index is -0.540. The first-order valence-electron chi connectivity index (χ1n) is 10.1. The third-order valence-corrected chi connectivity index (χ3v) is 8.05. The highest BCUT2D eigenvalue weighted by molar-refractivity contribution is 5.90. The van der Waals surface area contributed by atoms with Crippen molar-refractivity contribution < 1.29 is 28.9 Å². The molecule has 3 fully saturated rings. The Kier molecular flexibility index (Phi) is 4.62. The number of aliphatic hydroxyl groups excluding tert-OH is 1. The van der Waals surface area contributed by atoms with Gasteiger partial charge in [0.25, 0.3) is 0 Å². The van der Waals surface area contributed by atoms with Crippen LogP contribution in [0.15, 0.2) is 11.6 Å². The zero-order valence-corrected chi connectivity index (χ0v) is 16.4. The summed E-state index contributed by atoms with van der Waals surface area (Å²) < 4.78 is 15.6. The molecule has 2 saturated heterocycles. The average Bonchev–Trinajstić information content (AvgIpc) is 3.35. The number of fused-ring (bicyclic) bond motifs is 2. The van der Waals surface area contributed by atoms with Gasteiger partial charge in [-0.3, -0.25) is 4.79 Å². The number of esters is 2. The molecule has 4 aliphatic rings. The average molecular weight is 378 g/mol. The molecule has 7 atom stereocenters. The van der Waals surface area contributed by atoms with Gasteiger partial charge in [0, 0.05) is 11.0 Å². The smallest absolute Gasteiger partial charge is 0.334 e. The Bertz CT molecular complexity index is 672. The monoisotopic (exact) mass is 378 g/mol. The zero-order valence-electron chi connectivity index (χ0n) is 16.4. The first kappa shape index (κ1) is 18.9. The van der Waals surface area contributed by atoms with Crippen molar-refractivity contribution in [2.24, 2.45) is 28.6 Å². The van der Waals surface area contributed by atoms with Crippen LogP contribution in [0.2, 0.25) is 0 Å². The number of carbonyl (C=O) groups is 2. The summed E-state index contributed by atoms with van der Waals surface area (Å²) in [5.74, 6) is -0.00263.